The molecule has 0 atom stereocenters. The molecular weight excluding hydrogens is 210 g/mol. The minimum Gasteiger partial charge on any atom is -0.382 e. The summed E-state index contributed by atoms with van der Waals surface area (Å²) in [4.78, 5) is 0. The van der Waals surface area contributed by atoms with E-state index in [1.54, 1.807) is 6.20 Å². The average molecular weight is 227 g/mol. The molecule has 0 amide bonds. The Morgan fingerprint density at radius 2 is 1.65 bits per heavy atom. The number of anilines is 1. The number of rotatable bonds is 1. The van der Waals surface area contributed by atoms with Gasteiger partial charge < -0.3 is 5.73 Å². The van der Waals surface area contributed by atoms with Crippen LogP contribution in [0.1, 0.15) is 26.3 Å². The van der Waals surface area contributed by atoms with Crippen LogP contribution in [0.15, 0.2) is 36.5 Å². The fourth-order valence-corrected chi connectivity index (χ4v) is 1.74. The van der Waals surface area contributed by atoms with Crippen LogP contribution >= 0.6 is 0 Å². The van der Waals surface area contributed by atoms with Gasteiger partial charge in [-0.15, -0.1) is 5.10 Å². The fraction of sp³-hybridized carbons (Fsp3) is 0.286. The molecule has 0 aliphatic rings. The first-order valence-electron chi connectivity index (χ1n) is 5.66. The van der Waals surface area contributed by atoms with Gasteiger partial charge in [-0.25, -0.2) is 0 Å². The Morgan fingerprint density at radius 1 is 1.00 bits per heavy atom. The molecule has 0 radical (unpaired) electrons. The second kappa shape index (κ2) is 4.17. The molecule has 2 N–H and O–H groups in total. The number of nitrogens with two attached hydrogens (primary N) is 1. The number of aromatic nitrogens is 2. The van der Waals surface area contributed by atoms with Crippen molar-refractivity contribution < 1.29 is 0 Å². The van der Waals surface area contributed by atoms with E-state index in [1.165, 1.54) is 5.56 Å². The molecule has 3 nitrogen and oxygen atoms in total. The zero-order valence-corrected chi connectivity index (χ0v) is 10.4. The third-order valence-electron chi connectivity index (χ3n) is 2.81. The van der Waals surface area contributed by atoms with E-state index in [0.29, 0.717) is 5.82 Å². The first-order valence-corrected chi connectivity index (χ1v) is 5.66. The summed E-state index contributed by atoms with van der Waals surface area (Å²) in [5, 5.41) is 7.61. The van der Waals surface area contributed by atoms with Gasteiger partial charge in [0.05, 0.1) is 6.20 Å². The summed E-state index contributed by atoms with van der Waals surface area (Å²) in [5.74, 6) is 0.469. The van der Waals surface area contributed by atoms with E-state index in [-0.39, 0.29) is 5.41 Å². The first-order chi connectivity index (χ1) is 7.98. The number of hydrogen-bond donors (Lipinski definition) is 1. The maximum Gasteiger partial charge on any atom is 0.153 e. The van der Waals surface area contributed by atoms with Gasteiger partial charge in [0.25, 0.3) is 0 Å². The molecule has 3 heteroatoms. The lowest BCUT2D eigenvalue weighted by atomic mass is 9.86. The fourth-order valence-electron chi connectivity index (χ4n) is 1.74. The van der Waals surface area contributed by atoms with Crippen molar-refractivity contribution in [2.45, 2.75) is 26.2 Å². The molecule has 2 aromatic rings. The molecule has 2 rings (SSSR count). The normalized spacial score (nSPS) is 11.5. The van der Waals surface area contributed by atoms with Crippen LogP contribution in [0.4, 0.5) is 5.82 Å². The van der Waals surface area contributed by atoms with Crippen molar-refractivity contribution in [1.82, 2.24) is 10.2 Å². The van der Waals surface area contributed by atoms with Crippen LogP contribution in [0.25, 0.3) is 11.1 Å². The molecule has 1 aromatic carbocycles. The van der Waals surface area contributed by atoms with E-state index in [4.69, 9.17) is 5.73 Å². The summed E-state index contributed by atoms with van der Waals surface area (Å²) in [6.45, 7) is 6.60. The van der Waals surface area contributed by atoms with Gasteiger partial charge in [-0.05, 0) is 22.6 Å². The van der Waals surface area contributed by atoms with Gasteiger partial charge in [-0.3, -0.25) is 0 Å². The summed E-state index contributed by atoms with van der Waals surface area (Å²) >= 11 is 0. The highest BCUT2D eigenvalue weighted by Crippen LogP contribution is 2.27. The summed E-state index contributed by atoms with van der Waals surface area (Å²) < 4.78 is 0. The number of benzene rings is 1. The summed E-state index contributed by atoms with van der Waals surface area (Å²) in [6.07, 6.45) is 1.66. The molecule has 0 spiro atoms. The Kier molecular flexibility index (Phi) is 2.84. The van der Waals surface area contributed by atoms with Crippen LogP contribution in [0.2, 0.25) is 0 Å². The smallest absolute Gasteiger partial charge is 0.153 e. The van der Waals surface area contributed by atoms with Crippen molar-refractivity contribution in [3.8, 4) is 11.1 Å². The van der Waals surface area contributed by atoms with Crippen molar-refractivity contribution in [2.75, 3.05) is 5.73 Å². The van der Waals surface area contributed by atoms with Gasteiger partial charge in [0.2, 0.25) is 0 Å². The van der Waals surface area contributed by atoms with Gasteiger partial charge >= 0.3 is 0 Å². The van der Waals surface area contributed by atoms with Crippen LogP contribution in [-0.4, -0.2) is 10.2 Å². The Balaban J connectivity index is 2.40. The molecule has 0 unspecified atom stereocenters. The van der Waals surface area contributed by atoms with E-state index >= 15 is 0 Å². The van der Waals surface area contributed by atoms with Crippen molar-refractivity contribution in [3.05, 3.63) is 42.1 Å². The lowest BCUT2D eigenvalue weighted by Gasteiger charge is -2.19. The Morgan fingerprint density at radius 3 is 2.18 bits per heavy atom. The second-order valence-corrected chi connectivity index (χ2v) is 5.16. The van der Waals surface area contributed by atoms with Gasteiger partial charge in [0, 0.05) is 5.56 Å². The van der Waals surface area contributed by atoms with Crippen molar-refractivity contribution in [3.63, 3.8) is 0 Å². The molecule has 0 saturated heterocycles. The zero-order valence-electron chi connectivity index (χ0n) is 10.4. The van der Waals surface area contributed by atoms with Crippen molar-refractivity contribution in [2.24, 2.45) is 0 Å². The highest BCUT2D eigenvalue weighted by molar-refractivity contribution is 5.73. The SMILES string of the molecule is CC(C)(C)c1ccc(-c2ccnnc2N)cc1. The molecule has 1 aromatic heterocycles. The van der Waals surface area contributed by atoms with Crippen LogP contribution < -0.4 is 5.73 Å². The van der Waals surface area contributed by atoms with Crippen LogP contribution in [0, 0.1) is 0 Å². The van der Waals surface area contributed by atoms with Gasteiger partial charge in [0.15, 0.2) is 5.82 Å². The maximum absolute atomic E-state index is 5.80. The summed E-state index contributed by atoms with van der Waals surface area (Å²) in [5.41, 5.74) is 9.28. The quantitative estimate of drug-likeness (QED) is 0.814. The minimum atomic E-state index is 0.167. The Hall–Kier alpha value is -1.90. The largest absolute Gasteiger partial charge is 0.382 e. The highest BCUT2D eigenvalue weighted by Gasteiger charge is 2.13. The molecule has 0 bridgehead atoms. The molecule has 0 saturated carbocycles. The predicted octanol–water partition coefficient (Wildman–Crippen LogP) is 3.02. The third-order valence-corrected chi connectivity index (χ3v) is 2.81. The van der Waals surface area contributed by atoms with E-state index in [0.717, 1.165) is 11.1 Å². The van der Waals surface area contributed by atoms with Crippen LogP contribution in [-0.2, 0) is 5.41 Å². The molecule has 17 heavy (non-hydrogen) atoms. The van der Waals surface area contributed by atoms with Gasteiger partial charge in [-0.1, -0.05) is 45.0 Å². The molecular formula is C14H17N3. The van der Waals surface area contributed by atoms with Crippen molar-refractivity contribution >= 4 is 5.82 Å². The third kappa shape index (κ3) is 2.44. The molecule has 88 valence electrons. The van der Waals surface area contributed by atoms with E-state index < -0.39 is 0 Å². The zero-order chi connectivity index (χ0) is 12.5. The first kappa shape index (κ1) is 11.6. The molecule has 0 aliphatic heterocycles. The predicted molar refractivity (Wildman–Crippen MR) is 70.6 cm³/mol. The van der Waals surface area contributed by atoms with Gasteiger partial charge in [-0.2, -0.15) is 5.10 Å². The van der Waals surface area contributed by atoms with E-state index in [9.17, 15) is 0 Å². The summed E-state index contributed by atoms with van der Waals surface area (Å²) in [7, 11) is 0. The standard InChI is InChI=1S/C14H17N3/c1-14(2,3)11-6-4-10(5-7-11)12-8-9-16-17-13(12)15/h4-9H,1-3H3,(H2,15,17). The lowest BCUT2D eigenvalue weighted by Crippen LogP contribution is -2.10. The van der Waals surface area contributed by atoms with E-state index in [2.05, 4.69) is 55.2 Å². The monoisotopic (exact) mass is 227 g/mol. The molecule has 1 heterocycles. The average Bonchev–Trinajstić information content (AvgIpc) is 2.29. The molecule has 0 aliphatic carbocycles. The second-order valence-electron chi connectivity index (χ2n) is 5.16. The topological polar surface area (TPSA) is 51.8 Å². The Bertz CT molecular complexity index is 510. The maximum atomic E-state index is 5.80. The van der Waals surface area contributed by atoms with Crippen LogP contribution in [0.5, 0.6) is 0 Å². The van der Waals surface area contributed by atoms with Crippen LogP contribution in [0.3, 0.4) is 0 Å². The number of nitrogen functional groups attached to an aromatic ring is 1. The lowest BCUT2D eigenvalue weighted by molar-refractivity contribution is 0.590. The number of nitrogens with zero attached hydrogens (tertiary/aromatic N) is 2. The highest BCUT2D eigenvalue weighted by atomic mass is 15.1. The number of hydrogen-bond acceptors (Lipinski definition) is 3. The minimum absolute atomic E-state index is 0.167. The Labute approximate surface area is 102 Å². The summed E-state index contributed by atoms with van der Waals surface area (Å²) in [6, 6.07) is 10.3. The van der Waals surface area contributed by atoms with Crippen molar-refractivity contribution in [1.29, 1.82) is 0 Å². The van der Waals surface area contributed by atoms with Gasteiger partial charge in [0.1, 0.15) is 0 Å². The molecule has 0 fully saturated rings. The van der Waals surface area contributed by atoms with E-state index in [1.807, 2.05) is 6.07 Å².